The molecule has 2 N–H and O–H groups in total. The van der Waals surface area contributed by atoms with E-state index in [4.69, 9.17) is 0 Å². The fourth-order valence-electron chi connectivity index (χ4n) is 2.18. The standard InChI is InChI=1S/C18H22N2O/c1-13-8-9-15(3)17(10-13)20-18(21)12-19-11-16-7-5-4-6-14(16)2/h4-10,19H,11-12H2,1-3H3,(H,20,21). The van der Waals surface area contributed by atoms with Crippen molar-refractivity contribution in [2.75, 3.05) is 11.9 Å². The Labute approximate surface area is 126 Å². The molecular formula is C18H22N2O. The minimum Gasteiger partial charge on any atom is -0.325 e. The number of anilines is 1. The maximum atomic E-state index is 12.0. The highest BCUT2D eigenvalue weighted by atomic mass is 16.1. The molecule has 0 spiro atoms. The average molecular weight is 282 g/mol. The zero-order valence-corrected chi connectivity index (χ0v) is 12.9. The Morgan fingerprint density at radius 1 is 1.00 bits per heavy atom. The van der Waals surface area contributed by atoms with Gasteiger partial charge in [-0.05, 0) is 49.1 Å². The average Bonchev–Trinajstić information content (AvgIpc) is 2.45. The summed E-state index contributed by atoms with van der Waals surface area (Å²) in [5.74, 6) is -0.0164. The lowest BCUT2D eigenvalue weighted by atomic mass is 10.1. The second-order valence-electron chi connectivity index (χ2n) is 5.40. The van der Waals surface area contributed by atoms with Crippen molar-refractivity contribution in [3.8, 4) is 0 Å². The van der Waals surface area contributed by atoms with Gasteiger partial charge in [0.2, 0.25) is 5.91 Å². The number of nitrogens with one attached hydrogen (secondary N) is 2. The van der Waals surface area contributed by atoms with E-state index in [0.717, 1.165) is 16.8 Å². The third-order valence-electron chi connectivity index (χ3n) is 3.53. The SMILES string of the molecule is Cc1ccc(C)c(NC(=O)CNCc2ccccc2C)c1. The van der Waals surface area contributed by atoms with Gasteiger partial charge in [-0.15, -0.1) is 0 Å². The van der Waals surface area contributed by atoms with Crippen molar-refractivity contribution >= 4 is 11.6 Å². The first-order valence-electron chi connectivity index (χ1n) is 7.18. The third kappa shape index (κ3) is 4.43. The molecule has 0 saturated heterocycles. The van der Waals surface area contributed by atoms with Crippen LogP contribution in [0.5, 0.6) is 0 Å². The molecule has 3 nitrogen and oxygen atoms in total. The van der Waals surface area contributed by atoms with E-state index in [1.54, 1.807) is 0 Å². The first-order valence-corrected chi connectivity index (χ1v) is 7.18. The molecule has 2 rings (SSSR count). The summed E-state index contributed by atoms with van der Waals surface area (Å²) in [7, 11) is 0. The van der Waals surface area contributed by atoms with Crippen LogP contribution < -0.4 is 10.6 Å². The van der Waals surface area contributed by atoms with Gasteiger partial charge < -0.3 is 10.6 Å². The number of aryl methyl sites for hydroxylation is 3. The molecule has 21 heavy (non-hydrogen) atoms. The molecule has 0 radical (unpaired) electrons. The quantitative estimate of drug-likeness (QED) is 0.883. The Bertz CT molecular complexity index is 635. The van der Waals surface area contributed by atoms with E-state index in [1.807, 2.05) is 44.2 Å². The van der Waals surface area contributed by atoms with E-state index in [2.05, 4.69) is 29.7 Å². The first kappa shape index (κ1) is 15.3. The Hall–Kier alpha value is -2.13. The summed E-state index contributed by atoms with van der Waals surface area (Å²) in [4.78, 5) is 12.0. The zero-order valence-electron chi connectivity index (χ0n) is 12.9. The minimum absolute atomic E-state index is 0.0164. The van der Waals surface area contributed by atoms with E-state index >= 15 is 0 Å². The molecule has 0 saturated carbocycles. The zero-order chi connectivity index (χ0) is 15.2. The summed E-state index contributed by atoms with van der Waals surface area (Å²) in [5.41, 5.74) is 5.56. The molecule has 0 aromatic heterocycles. The van der Waals surface area contributed by atoms with Gasteiger partial charge in [-0.3, -0.25) is 4.79 Å². The van der Waals surface area contributed by atoms with Gasteiger partial charge in [0.1, 0.15) is 0 Å². The monoisotopic (exact) mass is 282 g/mol. The molecule has 2 aromatic rings. The highest BCUT2D eigenvalue weighted by Gasteiger charge is 2.05. The molecular weight excluding hydrogens is 260 g/mol. The second kappa shape index (κ2) is 7.04. The Kier molecular flexibility index (Phi) is 5.12. The summed E-state index contributed by atoms with van der Waals surface area (Å²) in [6.07, 6.45) is 0. The van der Waals surface area contributed by atoms with Crippen LogP contribution in [0.1, 0.15) is 22.3 Å². The smallest absolute Gasteiger partial charge is 0.238 e. The molecule has 110 valence electrons. The van der Waals surface area contributed by atoms with Crippen LogP contribution in [0.15, 0.2) is 42.5 Å². The molecule has 0 bridgehead atoms. The van der Waals surface area contributed by atoms with Crippen LogP contribution >= 0.6 is 0 Å². The Morgan fingerprint density at radius 2 is 1.76 bits per heavy atom. The van der Waals surface area contributed by atoms with Crippen molar-refractivity contribution in [2.45, 2.75) is 27.3 Å². The molecule has 0 fully saturated rings. The molecule has 0 heterocycles. The number of carbonyl (C=O) groups is 1. The van der Waals surface area contributed by atoms with Crippen LogP contribution in [-0.2, 0) is 11.3 Å². The highest BCUT2D eigenvalue weighted by molar-refractivity contribution is 5.93. The van der Waals surface area contributed by atoms with E-state index in [1.165, 1.54) is 11.1 Å². The van der Waals surface area contributed by atoms with Crippen LogP contribution in [0.4, 0.5) is 5.69 Å². The van der Waals surface area contributed by atoms with Gasteiger partial charge in [0, 0.05) is 12.2 Å². The van der Waals surface area contributed by atoms with Gasteiger partial charge in [-0.25, -0.2) is 0 Å². The lowest BCUT2D eigenvalue weighted by molar-refractivity contribution is -0.115. The molecule has 0 atom stereocenters. The largest absolute Gasteiger partial charge is 0.325 e. The maximum Gasteiger partial charge on any atom is 0.238 e. The van der Waals surface area contributed by atoms with Gasteiger partial charge in [0.25, 0.3) is 0 Å². The van der Waals surface area contributed by atoms with Crippen molar-refractivity contribution in [1.29, 1.82) is 0 Å². The Balaban J connectivity index is 1.85. The number of hydrogen-bond acceptors (Lipinski definition) is 2. The fourth-order valence-corrected chi connectivity index (χ4v) is 2.18. The summed E-state index contributed by atoms with van der Waals surface area (Å²) < 4.78 is 0. The topological polar surface area (TPSA) is 41.1 Å². The molecule has 0 unspecified atom stereocenters. The van der Waals surface area contributed by atoms with Crippen LogP contribution in [-0.4, -0.2) is 12.5 Å². The summed E-state index contributed by atoms with van der Waals surface area (Å²) in [6, 6.07) is 14.2. The van der Waals surface area contributed by atoms with E-state index in [9.17, 15) is 4.79 Å². The molecule has 0 aliphatic rings. The van der Waals surface area contributed by atoms with Gasteiger partial charge in [0.15, 0.2) is 0 Å². The number of carbonyl (C=O) groups excluding carboxylic acids is 1. The van der Waals surface area contributed by atoms with Crippen LogP contribution in [0.2, 0.25) is 0 Å². The summed E-state index contributed by atoms with van der Waals surface area (Å²) in [5, 5.41) is 6.14. The minimum atomic E-state index is -0.0164. The molecule has 3 heteroatoms. The predicted octanol–water partition coefficient (Wildman–Crippen LogP) is 3.34. The van der Waals surface area contributed by atoms with E-state index < -0.39 is 0 Å². The Morgan fingerprint density at radius 3 is 2.52 bits per heavy atom. The highest BCUT2D eigenvalue weighted by Crippen LogP contribution is 2.16. The fraction of sp³-hybridized carbons (Fsp3) is 0.278. The molecule has 1 amide bonds. The van der Waals surface area contributed by atoms with E-state index in [-0.39, 0.29) is 5.91 Å². The predicted molar refractivity (Wildman–Crippen MR) is 87.4 cm³/mol. The molecule has 2 aromatic carbocycles. The van der Waals surface area contributed by atoms with Crippen molar-refractivity contribution < 1.29 is 4.79 Å². The normalized spacial score (nSPS) is 10.4. The number of amides is 1. The molecule has 0 aliphatic carbocycles. The first-order chi connectivity index (χ1) is 10.1. The maximum absolute atomic E-state index is 12.0. The third-order valence-corrected chi connectivity index (χ3v) is 3.53. The molecule has 0 aliphatic heterocycles. The summed E-state index contributed by atoms with van der Waals surface area (Å²) in [6.45, 7) is 7.10. The van der Waals surface area contributed by atoms with Crippen LogP contribution in [0.3, 0.4) is 0 Å². The van der Waals surface area contributed by atoms with Gasteiger partial charge in [0.05, 0.1) is 6.54 Å². The second-order valence-corrected chi connectivity index (χ2v) is 5.40. The number of benzene rings is 2. The van der Waals surface area contributed by atoms with Crippen LogP contribution in [0.25, 0.3) is 0 Å². The lowest BCUT2D eigenvalue weighted by Crippen LogP contribution is -2.28. The van der Waals surface area contributed by atoms with Crippen molar-refractivity contribution in [1.82, 2.24) is 5.32 Å². The van der Waals surface area contributed by atoms with E-state index in [0.29, 0.717) is 13.1 Å². The lowest BCUT2D eigenvalue weighted by Gasteiger charge is -2.11. The van der Waals surface area contributed by atoms with Crippen molar-refractivity contribution in [3.05, 3.63) is 64.7 Å². The number of hydrogen-bond donors (Lipinski definition) is 2. The van der Waals surface area contributed by atoms with Gasteiger partial charge >= 0.3 is 0 Å². The van der Waals surface area contributed by atoms with Crippen molar-refractivity contribution in [3.63, 3.8) is 0 Å². The van der Waals surface area contributed by atoms with Gasteiger partial charge in [-0.1, -0.05) is 36.4 Å². The van der Waals surface area contributed by atoms with Crippen LogP contribution in [0, 0.1) is 20.8 Å². The number of rotatable bonds is 5. The summed E-state index contributed by atoms with van der Waals surface area (Å²) >= 11 is 0. The van der Waals surface area contributed by atoms with Crippen molar-refractivity contribution in [2.24, 2.45) is 0 Å². The van der Waals surface area contributed by atoms with Gasteiger partial charge in [-0.2, -0.15) is 0 Å².